The van der Waals surface area contributed by atoms with Crippen molar-refractivity contribution in [2.45, 2.75) is 13.3 Å². The Morgan fingerprint density at radius 1 is 1.60 bits per heavy atom. The van der Waals surface area contributed by atoms with Gasteiger partial charge in [0, 0.05) is 5.33 Å². The monoisotopic (exact) mass is 157 g/mol. The van der Waals surface area contributed by atoms with E-state index in [0.29, 0.717) is 0 Å². The molecule has 0 aromatic rings. The molecule has 0 unspecified atom stereocenters. The van der Waals surface area contributed by atoms with Gasteiger partial charge in [-0.25, -0.2) is 0 Å². The van der Waals surface area contributed by atoms with Crippen molar-refractivity contribution in [1.29, 1.82) is 0 Å². The van der Waals surface area contributed by atoms with Gasteiger partial charge < -0.3 is 12.4 Å². The second kappa shape index (κ2) is 8.84. The Balaban J connectivity index is 0. The van der Waals surface area contributed by atoms with Crippen LogP contribution in [0.5, 0.6) is 0 Å². The Morgan fingerprint density at radius 2 is 1.80 bits per heavy atom. The molecule has 0 aromatic carbocycles. The summed E-state index contributed by atoms with van der Waals surface area (Å²) in [5, 5.41) is 1.13. The molecule has 5 heavy (non-hydrogen) atoms. The molecule has 0 amide bonds. The third-order valence-corrected chi connectivity index (χ3v) is 0.982. The maximum atomic E-state index is 3.25. The summed E-state index contributed by atoms with van der Waals surface area (Å²) >= 11 is 3.25. The fourth-order valence-electron chi connectivity index (χ4n) is 0. The third-order valence-electron chi connectivity index (χ3n) is 0.189. The van der Waals surface area contributed by atoms with Crippen molar-refractivity contribution in [3.05, 3.63) is 0 Å². The predicted molar refractivity (Wildman–Crippen MR) is 24.1 cm³/mol. The van der Waals surface area contributed by atoms with Gasteiger partial charge in [0.1, 0.15) is 0 Å². The molecule has 2 heteroatoms. The minimum Gasteiger partial charge on any atom is -1.00 e. The van der Waals surface area contributed by atoms with Gasteiger partial charge in [0.2, 0.25) is 0 Å². The van der Waals surface area contributed by atoms with Crippen molar-refractivity contribution >= 4 is 15.9 Å². The number of halogens is 2. The Kier molecular flexibility index (Phi) is 16.3. The SMILES string of the molecule is CCCBr.[Cl-]. The lowest BCUT2D eigenvalue weighted by Crippen LogP contribution is -3.00. The van der Waals surface area contributed by atoms with E-state index >= 15 is 0 Å². The number of hydrogen-bond acceptors (Lipinski definition) is 0. The van der Waals surface area contributed by atoms with E-state index in [0.717, 1.165) is 5.33 Å². The summed E-state index contributed by atoms with van der Waals surface area (Å²) < 4.78 is 0. The van der Waals surface area contributed by atoms with Crippen LogP contribution >= 0.6 is 15.9 Å². The van der Waals surface area contributed by atoms with Crippen LogP contribution in [0.2, 0.25) is 0 Å². The molecule has 34 valence electrons. The molecule has 0 atom stereocenters. The summed E-state index contributed by atoms with van der Waals surface area (Å²) in [6.45, 7) is 2.13. The molecule has 0 aromatic heterocycles. The number of rotatable bonds is 1. The lowest BCUT2D eigenvalue weighted by Gasteiger charge is -1.66. The molecule has 0 nitrogen and oxygen atoms in total. The lowest BCUT2D eigenvalue weighted by molar-refractivity contribution is -0.000000850. The van der Waals surface area contributed by atoms with Crippen molar-refractivity contribution in [2.24, 2.45) is 0 Å². The van der Waals surface area contributed by atoms with Crippen LogP contribution < -0.4 is 12.4 Å². The molecule has 0 aliphatic carbocycles. The standard InChI is InChI=1S/C3H7Br.ClH/c1-2-3-4;/h2-3H2,1H3;1H/p-1. The molecule has 0 bridgehead atoms. The summed E-state index contributed by atoms with van der Waals surface area (Å²) in [5.74, 6) is 0. The van der Waals surface area contributed by atoms with Gasteiger partial charge in [-0.15, -0.1) is 0 Å². The van der Waals surface area contributed by atoms with Gasteiger partial charge in [0.15, 0.2) is 0 Å². The van der Waals surface area contributed by atoms with Gasteiger partial charge in [-0.3, -0.25) is 0 Å². The van der Waals surface area contributed by atoms with E-state index in [2.05, 4.69) is 22.9 Å². The molecule has 0 heterocycles. The van der Waals surface area contributed by atoms with Crippen molar-refractivity contribution in [2.75, 3.05) is 5.33 Å². The third kappa shape index (κ3) is 11.7. The average Bonchev–Trinajstić information content (AvgIpc) is 1.37. The zero-order chi connectivity index (χ0) is 3.41. The molecule has 0 saturated heterocycles. The molecule has 0 aliphatic heterocycles. The van der Waals surface area contributed by atoms with Gasteiger partial charge in [-0.05, 0) is 6.42 Å². The fourth-order valence-corrected chi connectivity index (χ4v) is 0. The molecular weight excluding hydrogens is 151 g/mol. The molecule has 0 radical (unpaired) electrons. The first-order valence-electron chi connectivity index (χ1n) is 1.47. The molecular formula is C3H7BrCl-. The highest BCUT2D eigenvalue weighted by Gasteiger charge is 1.58. The molecule has 0 N–H and O–H groups in total. The number of hydrogen-bond donors (Lipinski definition) is 0. The van der Waals surface area contributed by atoms with Crippen molar-refractivity contribution in [3.8, 4) is 0 Å². The van der Waals surface area contributed by atoms with Gasteiger partial charge in [0.05, 0.1) is 0 Å². The van der Waals surface area contributed by atoms with Crippen molar-refractivity contribution in [3.63, 3.8) is 0 Å². The van der Waals surface area contributed by atoms with Crippen LogP contribution in [0.15, 0.2) is 0 Å². The Hall–Kier alpha value is 0.770. The Morgan fingerprint density at radius 3 is 1.80 bits per heavy atom. The van der Waals surface area contributed by atoms with E-state index in [-0.39, 0.29) is 12.4 Å². The van der Waals surface area contributed by atoms with Gasteiger partial charge in [0.25, 0.3) is 0 Å². The van der Waals surface area contributed by atoms with Crippen LogP contribution in [-0.4, -0.2) is 5.33 Å². The first kappa shape index (κ1) is 9.24. The summed E-state index contributed by atoms with van der Waals surface area (Å²) in [7, 11) is 0. The molecule has 0 aliphatic rings. The maximum Gasteiger partial charge on any atom is 0.00286 e. The summed E-state index contributed by atoms with van der Waals surface area (Å²) in [4.78, 5) is 0. The normalized spacial score (nSPS) is 6.00. The Bertz CT molecular complexity index is 8.85. The molecule has 0 fully saturated rings. The minimum absolute atomic E-state index is 0. The van der Waals surface area contributed by atoms with Crippen molar-refractivity contribution < 1.29 is 12.4 Å². The van der Waals surface area contributed by atoms with Crippen molar-refractivity contribution in [1.82, 2.24) is 0 Å². The van der Waals surface area contributed by atoms with Crippen LogP contribution in [0.1, 0.15) is 13.3 Å². The van der Waals surface area contributed by atoms with E-state index in [9.17, 15) is 0 Å². The summed E-state index contributed by atoms with van der Waals surface area (Å²) in [6.07, 6.45) is 1.24. The van der Waals surface area contributed by atoms with Gasteiger partial charge in [-0.2, -0.15) is 0 Å². The highest BCUT2D eigenvalue weighted by atomic mass is 79.9. The average molecular weight is 158 g/mol. The van der Waals surface area contributed by atoms with Crippen LogP contribution in [-0.2, 0) is 0 Å². The van der Waals surface area contributed by atoms with Crippen LogP contribution in [0, 0.1) is 0 Å². The van der Waals surface area contributed by atoms with E-state index in [1.807, 2.05) is 0 Å². The molecule has 0 saturated carbocycles. The van der Waals surface area contributed by atoms with E-state index < -0.39 is 0 Å². The Labute approximate surface area is 47.5 Å². The smallest absolute Gasteiger partial charge is 0.00286 e. The van der Waals surface area contributed by atoms with E-state index in [4.69, 9.17) is 0 Å². The predicted octanol–water partition coefficient (Wildman–Crippen LogP) is -1.20. The zero-order valence-corrected chi connectivity index (χ0v) is 5.51. The lowest BCUT2D eigenvalue weighted by atomic mass is 10.6. The quantitative estimate of drug-likeness (QED) is 0.421. The van der Waals surface area contributed by atoms with Crippen LogP contribution in [0.4, 0.5) is 0 Å². The van der Waals surface area contributed by atoms with E-state index in [1.54, 1.807) is 0 Å². The van der Waals surface area contributed by atoms with E-state index in [1.165, 1.54) is 6.42 Å². The van der Waals surface area contributed by atoms with Gasteiger partial charge in [-0.1, -0.05) is 22.9 Å². The first-order valence-corrected chi connectivity index (χ1v) is 2.60. The minimum atomic E-state index is 0. The van der Waals surface area contributed by atoms with Crippen LogP contribution in [0.3, 0.4) is 0 Å². The van der Waals surface area contributed by atoms with Gasteiger partial charge >= 0.3 is 0 Å². The second-order valence-electron chi connectivity index (χ2n) is 0.689. The zero-order valence-electron chi connectivity index (χ0n) is 3.17. The fraction of sp³-hybridized carbons (Fsp3) is 1.00. The molecule has 0 spiro atoms. The van der Waals surface area contributed by atoms with Crippen LogP contribution in [0.25, 0.3) is 0 Å². The molecule has 0 rings (SSSR count). The highest BCUT2D eigenvalue weighted by molar-refractivity contribution is 9.09. The first-order chi connectivity index (χ1) is 1.91. The number of alkyl halides is 1. The maximum absolute atomic E-state index is 3.25. The largest absolute Gasteiger partial charge is 1.00 e. The summed E-state index contributed by atoms with van der Waals surface area (Å²) in [5.41, 5.74) is 0. The highest BCUT2D eigenvalue weighted by Crippen LogP contribution is 1.80. The second-order valence-corrected chi connectivity index (χ2v) is 1.48. The topological polar surface area (TPSA) is 0 Å². The summed E-state index contributed by atoms with van der Waals surface area (Å²) in [6, 6.07) is 0.